The first-order valence-corrected chi connectivity index (χ1v) is 10.4. The van der Waals surface area contributed by atoms with Gasteiger partial charge < -0.3 is 14.8 Å². The van der Waals surface area contributed by atoms with Crippen LogP contribution >= 0.6 is 11.6 Å². The van der Waals surface area contributed by atoms with E-state index in [0.29, 0.717) is 36.3 Å². The van der Waals surface area contributed by atoms with Crippen molar-refractivity contribution in [1.29, 1.82) is 0 Å². The fourth-order valence-electron chi connectivity index (χ4n) is 3.61. The lowest BCUT2D eigenvalue weighted by Gasteiger charge is -2.19. The maximum Gasteiger partial charge on any atom is 0.244 e. The lowest BCUT2D eigenvalue weighted by molar-refractivity contribution is -0.116. The van der Waals surface area contributed by atoms with Crippen LogP contribution in [0.4, 0.5) is 0 Å². The normalized spacial score (nSPS) is 16.3. The van der Waals surface area contributed by atoms with E-state index < -0.39 is 0 Å². The second kappa shape index (κ2) is 9.33. The van der Waals surface area contributed by atoms with Crippen molar-refractivity contribution in [3.63, 3.8) is 0 Å². The van der Waals surface area contributed by atoms with Crippen molar-refractivity contribution < 1.29 is 14.3 Å². The molecule has 2 aliphatic rings. The average Bonchev–Trinajstić information content (AvgIpc) is 3.25. The molecule has 0 unspecified atom stereocenters. The molecular formula is C23H25ClN2O3. The number of benzene rings is 2. The van der Waals surface area contributed by atoms with Crippen LogP contribution in [0.2, 0.25) is 5.02 Å². The Bertz CT molecular complexity index is 890. The van der Waals surface area contributed by atoms with E-state index >= 15 is 0 Å². The highest BCUT2D eigenvalue weighted by atomic mass is 35.5. The van der Waals surface area contributed by atoms with Gasteiger partial charge in [-0.3, -0.25) is 9.69 Å². The zero-order chi connectivity index (χ0) is 20.1. The molecular weight excluding hydrogens is 388 g/mol. The zero-order valence-electron chi connectivity index (χ0n) is 16.3. The van der Waals surface area contributed by atoms with Gasteiger partial charge in [-0.25, -0.2) is 0 Å². The number of fused-ring (bicyclic) bond motifs is 1. The largest absolute Gasteiger partial charge is 0.486 e. The summed E-state index contributed by atoms with van der Waals surface area (Å²) in [5.41, 5.74) is 3.19. The Labute approximate surface area is 176 Å². The van der Waals surface area contributed by atoms with Crippen LogP contribution in [0, 0.1) is 0 Å². The van der Waals surface area contributed by atoms with Crippen molar-refractivity contribution in [2.45, 2.75) is 25.9 Å². The van der Waals surface area contributed by atoms with E-state index in [1.807, 2.05) is 6.07 Å². The van der Waals surface area contributed by atoms with Gasteiger partial charge in [0.25, 0.3) is 0 Å². The number of hydrogen-bond donors (Lipinski definition) is 1. The molecule has 1 N–H and O–H groups in total. The van der Waals surface area contributed by atoms with E-state index in [1.54, 1.807) is 12.1 Å². The Hall–Kier alpha value is -2.50. The van der Waals surface area contributed by atoms with Crippen LogP contribution in [-0.2, 0) is 17.9 Å². The van der Waals surface area contributed by atoms with E-state index in [9.17, 15) is 4.79 Å². The number of rotatable bonds is 6. The number of nitrogens with zero attached hydrogens (tertiary/aromatic N) is 1. The average molecular weight is 413 g/mol. The van der Waals surface area contributed by atoms with Crippen molar-refractivity contribution in [3.8, 4) is 11.5 Å². The van der Waals surface area contributed by atoms with Gasteiger partial charge >= 0.3 is 0 Å². The SMILES string of the molecule is O=C(/C=C/c1cc(Cl)c2c(c1)OCCO2)NCc1ccc(CN2CCCC2)cc1. The van der Waals surface area contributed by atoms with Crippen LogP contribution in [0.15, 0.2) is 42.5 Å². The first-order valence-electron chi connectivity index (χ1n) is 10.0. The van der Waals surface area contributed by atoms with Crippen molar-refractivity contribution in [2.75, 3.05) is 26.3 Å². The summed E-state index contributed by atoms with van der Waals surface area (Å²) in [5.74, 6) is 1.02. The first-order chi connectivity index (χ1) is 14.2. The third kappa shape index (κ3) is 5.31. The predicted octanol–water partition coefficient (Wildman–Crippen LogP) is 4.04. The highest BCUT2D eigenvalue weighted by Gasteiger charge is 2.16. The molecule has 152 valence electrons. The molecule has 0 aromatic heterocycles. The van der Waals surface area contributed by atoms with Crippen molar-refractivity contribution in [2.24, 2.45) is 0 Å². The minimum absolute atomic E-state index is 0.155. The minimum Gasteiger partial charge on any atom is -0.486 e. The fraction of sp³-hybridized carbons (Fsp3) is 0.348. The molecule has 0 saturated carbocycles. The number of hydrogen-bond acceptors (Lipinski definition) is 4. The summed E-state index contributed by atoms with van der Waals surface area (Å²) in [6, 6.07) is 12.0. The number of halogens is 1. The van der Waals surface area contributed by atoms with Crippen LogP contribution in [0.1, 0.15) is 29.5 Å². The van der Waals surface area contributed by atoms with E-state index in [-0.39, 0.29) is 5.91 Å². The van der Waals surface area contributed by atoms with Crippen LogP contribution < -0.4 is 14.8 Å². The molecule has 0 radical (unpaired) electrons. The summed E-state index contributed by atoms with van der Waals surface area (Å²) in [6.45, 7) is 4.87. The number of ether oxygens (including phenoxy) is 2. The van der Waals surface area contributed by atoms with E-state index in [0.717, 1.165) is 17.7 Å². The third-order valence-electron chi connectivity index (χ3n) is 5.14. The number of amides is 1. The molecule has 2 heterocycles. The highest BCUT2D eigenvalue weighted by molar-refractivity contribution is 6.32. The van der Waals surface area contributed by atoms with Crippen molar-refractivity contribution >= 4 is 23.6 Å². The second-order valence-corrected chi connectivity index (χ2v) is 7.78. The van der Waals surface area contributed by atoms with Gasteiger partial charge in [-0.15, -0.1) is 0 Å². The first kappa shape index (κ1) is 19.8. The molecule has 0 spiro atoms. The van der Waals surface area contributed by atoms with Crippen molar-refractivity contribution in [3.05, 3.63) is 64.2 Å². The van der Waals surface area contributed by atoms with Gasteiger partial charge in [-0.2, -0.15) is 0 Å². The van der Waals surface area contributed by atoms with Gasteiger partial charge in [0.2, 0.25) is 5.91 Å². The number of nitrogens with one attached hydrogen (secondary N) is 1. The summed E-state index contributed by atoms with van der Waals surface area (Å²) in [6.07, 6.45) is 5.83. The number of likely N-dealkylation sites (tertiary alicyclic amines) is 1. The molecule has 4 rings (SSSR count). The molecule has 0 bridgehead atoms. The molecule has 1 fully saturated rings. The summed E-state index contributed by atoms with van der Waals surface area (Å²) in [5, 5.41) is 3.40. The van der Waals surface area contributed by atoms with E-state index in [1.165, 1.54) is 37.6 Å². The number of carbonyl (C=O) groups excluding carboxylic acids is 1. The Morgan fingerprint density at radius 1 is 1.07 bits per heavy atom. The summed E-state index contributed by atoms with van der Waals surface area (Å²) in [4.78, 5) is 14.6. The molecule has 0 atom stereocenters. The Kier molecular flexibility index (Phi) is 6.37. The van der Waals surface area contributed by atoms with Crippen LogP contribution in [0.25, 0.3) is 6.08 Å². The fourth-order valence-corrected chi connectivity index (χ4v) is 3.88. The van der Waals surface area contributed by atoms with Gasteiger partial charge in [0.15, 0.2) is 11.5 Å². The molecule has 6 heteroatoms. The molecule has 1 amide bonds. The van der Waals surface area contributed by atoms with E-state index in [4.69, 9.17) is 21.1 Å². The summed E-state index contributed by atoms with van der Waals surface area (Å²) < 4.78 is 11.1. The highest BCUT2D eigenvalue weighted by Crippen LogP contribution is 2.38. The van der Waals surface area contributed by atoms with Gasteiger partial charge in [0.1, 0.15) is 13.2 Å². The molecule has 2 aliphatic heterocycles. The standard InChI is InChI=1S/C23H25ClN2O3/c24-20-13-19(14-21-23(20)29-12-11-28-21)7-8-22(27)25-15-17-3-5-18(6-4-17)16-26-9-1-2-10-26/h3-8,13-14H,1-2,9-12,15-16H2,(H,25,27)/b8-7+. The van der Waals surface area contributed by atoms with Crippen LogP contribution in [-0.4, -0.2) is 37.1 Å². The number of carbonyl (C=O) groups is 1. The second-order valence-electron chi connectivity index (χ2n) is 7.38. The smallest absolute Gasteiger partial charge is 0.244 e. The molecule has 2 aromatic rings. The van der Waals surface area contributed by atoms with Crippen molar-refractivity contribution in [1.82, 2.24) is 10.2 Å². The molecule has 5 nitrogen and oxygen atoms in total. The molecule has 0 aliphatic carbocycles. The molecule has 2 aromatic carbocycles. The maximum atomic E-state index is 12.2. The van der Waals surface area contributed by atoms with Gasteiger partial charge in [-0.05, 0) is 60.8 Å². The molecule has 29 heavy (non-hydrogen) atoms. The molecule has 1 saturated heterocycles. The maximum absolute atomic E-state index is 12.2. The summed E-state index contributed by atoms with van der Waals surface area (Å²) >= 11 is 6.23. The monoisotopic (exact) mass is 412 g/mol. The van der Waals surface area contributed by atoms with Gasteiger partial charge in [-0.1, -0.05) is 35.9 Å². The summed E-state index contributed by atoms with van der Waals surface area (Å²) in [7, 11) is 0. The lowest BCUT2D eigenvalue weighted by atomic mass is 10.1. The van der Waals surface area contributed by atoms with Crippen LogP contribution in [0.3, 0.4) is 0 Å². The quantitative estimate of drug-likeness (QED) is 0.727. The zero-order valence-corrected chi connectivity index (χ0v) is 17.1. The Balaban J connectivity index is 1.29. The minimum atomic E-state index is -0.155. The topological polar surface area (TPSA) is 50.8 Å². The third-order valence-corrected chi connectivity index (χ3v) is 5.42. The van der Waals surface area contributed by atoms with E-state index in [2.05, 4.69) is 34.5 Å². The Morgan fingerprint density at radius 3 is 2.59 bits per heavy atom. The predicted molar refractivity (Wildman–Crippen MR) is 114 cm³/mol. The van der Waals surface area contributed by atoms with Gasteiger partial charge in [0, 0.05) is 19.2 Å². The Morgan fingerprint density at radius 2 is 1.79 bits per heavy atom. The van der Waals surface area contributed by atoms with Crippen LogP contribution in [0.5, 0.6) is 11.5 Å². The van der Waals surface area contributed by atoms with Gasteiger partial charge in [0.05, 0.1) is 5.02 Å². The lowest BCUT2D eigenvalue weighted by Crippen LogP contribution is -2.20.